The van der Waals surface area contributed by atoms with Crippen molar-refractivity contribution in [2.24, 2.45) is 0 Å². The van der Waals surface area contributed by atoms with Crippen LogP contribution < -0.4 is 0 Å². The summed E-state index contributed by atoms with van der Waals surface area (Å²) in [5.41, 5.74) is 1.65. The summed E-state index contributed by atoms with van der Waals surface area (Å²) in [6.07, 6.45) is 4.43. The quantitative estimate of drug-likeness (QED) is 0.670. The van der Waals surface area contributed by atoms with E-state index in [0.29, 0.717) is 12.1 Å². The van der Waals surface area contributed by atoms with E-state index < -0.39 is 0 Å². The molecule has 0 aliphatic heterocycles. The van der Waals surface area contributed by atoms with Gasteiger partial charge < -0.3 is 4.57 Å². The van der Waals surface area contributed by atoms with Crippen molar-refractivity contribution in [2.45, 2.75) is 20.0 Å². The number of aldehydes is 1. The number of carbonyl (C=O) groups excluding carboxylic acids is 1. The molecule has 0 N–H and O–H groups in total. The molecule has 0 fully saturated rings. The largest absolute Gasteiger partial charge is 0.339 e. The van der Waals surface area contributed by atoms with Crippen LogP contribution in [0.5, 0.6) is 0 Å². The van der Waals surface area contributed by atoms with Gasteiger partial charge in [-0.15, -0.1) is 0 Å². The molecule has 0 atom stereocenters. The van der Waals surface area contributed by atoms with Gasteiger partial charge in [0.05, 0.1) is 12.1 Å². The minimum absolute atomic E-state index is 0.613. The number of benzene rings is 1. The summed E-state index contributed by atoms with van der Waals surface area (Å²) in [6.45, 7) is 3.43. The molecule has 0 spiro atoms. The Bertz CT molecular complexity index is 726. The zero-order valence-corrected chi connectivity index (χ0v) is 10.7. The Kier molecular flexibility index (Phi) is 2.87. The number of hydrogen-bond donors (Lipinski definition) is 0. The van der Waals surface area contributed by atoms with E-state index in [-0.39, 0.29) is 0 Å². The van der Waals surface area contributed by atoms with Crippen LogP contribution in [0.1, 0.15) is 23.1 Å². The maximum Gasteiger partial charge on any atom is 0.152 e. The molecule has 0 saturated heterocycles. The molecule has 5 heteroatoms. The zero-order valence-electron chi connectivity index (χ0n) is 10.7. The van der Waals surface area contributed by atoms with E-state index in [9.17, 15) is 4.79 Å². The number of carbonyl (C=O) groups is 1. The lowest BCUT2D eigenvalue weighted by atomic mass is 10.1. The first-order chi connectivity index (χ1) is 9.33. The molecule has 0 radical (unpaired) electrons. The lowest BCUT2D eigenvalue weighted by Crippen LogP contribution is -2.08. The molecule has 2 heterocycles. The van der Waals surface area contributed by atoms with Crippen molar-refractivity contribution in [3.63, 3.8) is 0 Å². The fourth-order valence-electron chi connectivity index (χ4n) is 2.34. The van der Waals surface area contributed by atoms with Crippen LogP contribution in [0.15, 0.2) is 36.8 Å². The molecule has 5 nitrogen and oxygen atoms in total. The second-order valence-electron chi connectivity index (χ2n) is 4.34. The maximum atomic E-state index is 11.1. The molecule has 96 valence electrons. The van der Waals surface area contributed by atoms with Crippen molar-refractivity contribution in [3.8, 4) is 0 Å². The summed E-state index contributed by atoms with van der Waals surface area (Å²) >= 11 is 0. The molecule has 2 aromatic heterocycles. The van der Waals surface area contributed by atoms with E-state index in [1.807, 2.05) is 46.6 Å². The smallest absolute Gasteiger partial charge is 0.152 e. The number of nitrogens with zero attached hydrogens (tertiary/aromatic N) is 4. The molecule has 0 bridgehead atoms. The topological polar surface area (TPSA) is 52.7 Å². The van der Waals surface area contributed by atoms with E-state index in [1.165, 1.54) is 0 Å². The van der Waals surface area contributed by atoms with Crippen molar-refractivity contribution >= 4 is 17.2 Å². The predicted molar refractivity (Wildman–Crippen MR) is 72.1 cm³/mol. The van der Waals surface area contributed by atoms with Gasteiger partial charge in [-0.05, 0) is 19.1 Å². The van der Waals surface area contributed by atoms with E-state index in [0.717, 1.165) is 29.6 Å². The Hall–Kier alpha value is -2.43. The summed E-state index contributed by atoms with van der Waals surface area (Å²) in [5.74, 6) is 0.890. The van der Waals surface area contributed by atoms with E-state index in [4.69, 9.17) is 0 Å². The van der Waals surface area contributed by atoms with Crippen LogP contribution in [-0.2, 0) is 13.1 Å². The van der Waals surface area contributed by atoms with Gasteiger partial charge in [0.25, 0.3) is 0 Å². The number of fused-ring (bicyclic) bond motifs is 1. The molecule has 0 unspecified atom stereocenters. The standard InChI is InChI=1S/C14H14N4O/c1-2-18-13(15-10-16-18)8-17-7-6-11-4-3-5-12(9-19)14(11)17/h3-7,9-10H,2,8H2,1H3. The van der Waals surface area contributed by atoms with Gasteiger partial charge in [0.15, 0.2) is 6.29 Å². The Balaban J connectivity index is 2.08. The first-order valence-electron chi connectivity index (χ1n) is 6.23. The van der Waals surface area contributed by atoms with Gasteiger partial charge in [0.1, 0.15) is 12.2 Å². The summed E-state index contributed by atoms with van der Waals surface area (Å²) in [4.78, 5) is 15.4. The Labute approximate surface area is 110 Å². The van der Waals surface area contributed by atoms with Crippen LogP contribution in [0, 0.1) is 0 Å². The molecule has 0 saturated carbocycles. The molecule has 0 amide bonds. The summed E-state index contributed by atoms with van der Waals surface area (Å²) in [7, 11) is 0. The normalized spacial score (nSPS) is 11.0. The van der Waals surface area contributed by atoms with Crippen LogP contribution >= 0.6 is 0 Å². The van der Waals surface area contributed by atoms with Gasteiger partial charge in [-0.1, -0.05) is 12.1 Å². The minimum atomic E-state index is 0.613. The summed E-state index contributed by atoms with van der Waals surface area (Å²) in [6, 6.07) is 7.74. The van der Waals surface area contributed by atoms with Crippen molar-refractivity contribution in [1.29, 1.82) is 0 Å². The van der Waals surface area contributed by atoms with Crippen LogP contribution in [0.2, 0.25) is 0 Å². The van der Waals surface area contributed by atoms with E-state index in [2.05, 4.69) is 10.1 Å². The lowest BCUT2D eigenvalue weighted by Gasteiger charge is -2.07. The molecule has 3 aromatic rings. The molecule has 1 aromatic carbocycles. The number of aryl methyl sites for hydroxylation is 1. The lowest BCUT2D eigenvalue weighted by molar-refractivity contribution is 0.112. The SMILES string of the molecule is CCn1ncnc1Cn1ccc2cccc(C=O)c21. The van der Waals surface area contributed by atoms with Crippen molar-refractivity contribution in [1.82, 2.24) is 19.3 Å². The van der Waals surface area contributed by atoms with Crippen LogP contribution in [-0.4, -0.2) is 25.6 Å². The molecule has 0 aliphatic carbocycles. The summed E-state index contributed by atoms with van der Waals surface area (Å²) in [5, 5.41) is 5.22. The second-order valence-corrected chi connectivity index (χ2v) is 4.34. The Morgan fingerprint density at radius 1 is 1.32 bits per heavy atom. The predicted octanol–water partition coefficient (Wildman–Crippen LogP) is 2.11. The third kappa shape index (κ3) is 1.93. The number of para-hydroxylation sites is 1. The highest BCUT2D eigenvalue weighted by Gasteiger charge is 2.09. The van der Waals surface area contributed by atoms with Gasteiger partial charge in [0, 0.05) is 23.7 Å². The second kappa shape index (κ2) is 4.68. The first-order valence-corrected chi connectivity index (χ1v) is 6.23. The molecule has 3 rings (SSSR count). The summed E-state index contributed by atoms with van der Waals surface area (Å²) < 4.78 is 3.89. The molecular weight excluding hydrogens is 240 g/mol. The average molecular weight is 254 g/mol. The monoisotopic (exact) mass is 254 g/mol. The third-order valence-electron chi connectivity index (χ3n) is 3.25. The molecule has 0 aliphatic rings. The fourth-order valence-corrected chi connectivity index (χ4v) is 2.34. The van der Waals surface area contributed by atoms with Gasteiger partial charge in [0.2, 0.25) is 0 Å². The van der Waals surface area contributed by atoms with Crippen LogP contribution in [0.25, 0.3) is 10.9 Å². The van der Waals surface area contributed by atoms with Gasteiger partial charge in [-0.25, -0.2) is 9.67 Å². The van der Waals surface area contributed by atoms with Gasteiger partial charge in [-0.2, -0.15) is 5.10 Å². The van der Waals surface area contributed by atoms with Gasteiger partial charge >= 0.3 is 0 Å². The van der Waals surface area contributed by atoms with Crippen molar-refractivity contribution < 1.29 is 4.79 Å². The number of aromatic nitrogens is 4. The Morgan fingerprint density at radius 2 is 2.21 bits per heavy atom. The Morgan fingerprint density at radius 3 is 3.00 bits per heavy atom. The number of rotatable bonds is 4. The molecular formula is C14H14N4O. The third-order valence-corrected chi connectivity index (χ3v) is 3.25. The van der Waals surface area contributed by atoms with Crippen molar-refractivity contribution in [3.05, 3.63) is 48.2 Å². The highest BCUT2D eigenvalue weighted by molar-refractivity contribution is 5.96. The number of hydrogen-bond acceptors (Lipinski definition) is 3. The van der Waals surface area contributed by atoms with Crippen LogP contribution in [0.4, 0.5) is 0 Å². The maximum absolute atomic E-state index is 11.1. The minimum Gasteiger partial charge on any atom is -0.339 e. The molecule has 19 heavy (non-hydrogen) atoms. The van der Waals surface area contributed by atoms with E-state index in [1.54, 1.807) is 6.33 Å². The van der Waals surface area contributed by atoms with Gasteiger partial charge in [-0.3, -0.25) is 4.79 Å². The fraction of sp³-hybridized carbons (Fsp3) is 0.214. The van der Waals surface area contributed by atoms with E-state index >= 15 is 0 Å². The van der Waals surface area contributed by atoms with Crippen LogP contribution in [0.3, 0.4) is 0 Å². The zero-order chi connectivity index (χ0) is 13.2. The first kappa shape index (κ1) is 11.6. The van der Waals surface area contributed by atoms with Crippen molar-refractivity contribution in [2.75, 3.05) is 0 Å². The highest BCUT2D eigenvalue weighted by atomic mass is 16.1. The highest BCUT2D eigenvalue weighted by Crippen LogP contribution is 2.20. The average Bonchev–Trinajstić information content (AvgIpc) is 3.06.